The summed E-state index contributed by atoms with van der Waals surface area (Å²) in [6, 6.07) is 0. The van der Waals surface area contributed by atoms with E-state index in [1.807, 2.05) is 0 Å². The predicted octanol–water partition coefficient (Wildman–Crippen LogP) is 1.45. The normalized spacial score (nSPS) is 20.4. The number of aliphatic hydroxyl groups excluding tert-OH is 1. The molecular formula is C12H16O4. The number of carboxylic acids is 1. The number of hydrogen-bond donors (Lipinski definition) is 2. The number of carboxylic acid groups (broad SMARTS) is 1. The van der Waals surface area contributed by atoms with Crippen molar-refractivity contribution in [2.24, 2.45) is 0 Å². The van der Waals surface area contributed by atoms with Gasteiger partial charge in [-0.05, 0) is 37.3 Å². The zero-order valence-corrected chi connectivity index (χ0v) is 9.06. The number of rotatable bonds is 6. The van der Waals surface area contributed by atoms with Crippen LogP contribution in [-0.4, -0.2) is 28.1 Å². The molecule has 1 aliphatic carbocycles. The maximum atomic E-state index is 11.3. The van der Waals surface area contributed by atoms with Crippen molar-refractivity contribution in [3.63, 3.8) is 0 Å². The fourth-order valence-electron chi connectivity index (χ4n) is 1.69. The van der Waals surface area contributed by atoms with Gasteiger partial charge in [-0.15, -0.1) is 0 Å². The Bertz CT molecular complexity index is 328. The van der Waals surface area contributed by atoms with Crippen LogP contribution in [0.4, 0.5) is 0 Å². The first-order chi connectivity index (χ1) is 7.59. The number of carbonyl (C=O) groups is 2. The van der Waals surface area contributed by atoms with Gasteiger partial charge in [0.2, 0.25) is 0 Å². The summed E-state index contributed by atoms with van der Waals surface area (Å²) in [5.41, 5.74) is 0.717. The summed E-state index contributed by atoms with van der Waals surface area (Å²) in [6.45, 7) is 0. The van der Waals surface area contributed by atoms with Crippen molar-refractivity contribution >= 4 is 11.8 Å². The Morgan fingerprint density at radius 1 is 1.50 bits per heavy atom. The molecule has 0 fully saturated rings. The molecule has 0 aromatic rings. The third kappa shape index (κ3) is 4.40. The van der Waals surface area contributed by atoms with E-state index in [0.717, 1.165) is 24.5 Å². The Morgan fingerprint density at radius 3 is 2.81 bits per heavy atom. The summed E-state index contributed by atoms with van der Waals surface area (Å²) in [7, 11) is 0. The molecule has 0 spiro atoms. The summed E-state index contributed by atoms with van der Waals surface area (Å²) in [5.74, 6) is -0.898. The fourth-order valence-corrected chi connectivity index (χ4v) is 1.69. The molecule has 0 heterocycles. The molecule has 4 nitrogen and oxygen atoms in total. The molecular weight excluding hydrogens is 208 g/mol. The standard InChI is InChI=1S/C12H16O4/c13-10-7-9(11(14)8-10)5-3-1-2-4-6-12(15)16/h4,6-7,10,13H,1-3,5,8H2,(H,15,16)/b6-4+. The van der Waals surface area contributed by atoms with Gasteiger partial charge >= 0.3 is 5.97 Å². The van der Waals surface area contributed by atoms with Gasteiger partial charge in [-0.25, -0.2) is 4.79 Å². The summed E-state index contributed by atoms with van der Waals surface area (Å²) in [6.07, 6.45) is 7.05. The van der Waals surface area contributed by atoms with E-state index in [9.17, 15) is 14.7 Å². The van der Waals surface area contributed by atoms with Gasteiger partial charge in [0.25, 0.3) is 0 Å². The molecule has 0 bridgehead atoms. The number of allylic oxidation sites excluding steroid dienone is 2. The van der Waals surface area contributed by atoms with E-state index in [-0.39, 0.29) is 12.2 Å². The van der Waals surface area contributed by atoms with Crippen molar-refractivity contribution in [2.45, 2.75) is 38.2 Å². The van der Waals surface area contributed by atoms with Crippen molar-refractivity contribution in [1.29, 1.82) is 0 Å². The highest BCUT2D eigenvalue weighted by molar-refractivity contribution is 5.98. The van der Waals surface area contributed by atoms with Crippen LogP contribution in [0.3, 0.4) is 0 Å². The lowest BCUT2D eigenvalue weighted by molar-refractivity contribution is -0.131. The Morgan fingerprint density at radius 2 is 2.25 bits per heavy atom. The largest absolute Gasteiger partial charge is 0.478 e. The quantitative estimate of drug-likeness (QED) is 0.529. The number of carbonyl (C=O) groups excluding carboxylic acids is 1. The van der Waals surface area contributed by atoms with Gasteiger partial charge in [-0.2, -0.15) is 0 Å². The van der Waals surface area contributed by atoms with Crippen LogP contribution in [0.5, 0.6) is 0 Å². The van der Waals surface area contributed by atoms with Crippen molar-refractivity contribution in [3.05, 3.63) is 23.8 Å². The van der Waals surface area contributed by atoms with Gasteiger partial charge in [0.1, 0.15) is 0 Å². The number of aliphatic hydroxyl groups is 1. The van der Waals surface area contributed by atoms with E-state index in [2.05, 4.69) is 0 Å². The van der Waals surface area contributed by atoms with Crippen molar-refractivity contribution < 1.29 is 19.8 Å². The maximum absolute atomic E-state index is 11.3. The molecule has 4 heteroatoms. The average molecular weight is 224 g/mol. The van der Waals surface area contributed by atoms with Gasteiger partial charge in [-0.3, -0.25) is 4.79 Å². The Labute approximate surface area is 94.3 Å². The number of hydrogen-bond acceptors (Lipinski definition) is 3. The molecule has 0 radical (unpaired) electrons. The topological polar surface area (TPSA) is 74.6 Å². The van der Waals surface area contributed by atoms with Gasteiger partial charge in [0.05, 0.1) is 6.10 Å². The molecule has 0 saturated heterocycles. The summed E-state index contributed by atoms with van der Waals surface area (Å²) in [5, 5.41) is 17.5. The number of aliphatic carboxylic acids is 1. The van der Waals surface area contributed by atoms with E-state index < -0.39 is 12.1 Å². The van der Waals surface area contributed by atoms with E-state index >= 15 is 0 Å². The van der Waals surface area contributed by atoms with Gasteiger partial charge in [0.15, 0.2) is 5.78 Å². The smallest absolute Gasteiger partial charge is 0.327 e. The Balaban J connectivity index is 2.14. The average Bonchev–Trinajstić information content (AvgIpc) is 2.50. The highest BCUT2D eigenvalue weighted by atomic mass is 16.4. The number of Topliss-reactive ketones (excluding diaryl/α,β-unsaturated/α-hetero) is 1. The minimum atomic E-state index is -0.934. The molecule has 2 N–H and O–H groups in total. The molecule has 1 unspecified atom stereocenters. The second-order valence-electron chi connectivity index (χ2n) is 3.87. The van der Waals surface area contributed by atoms with Crippen LogP contribution in [0.25, 0.3) is 0 Å². The second-order valence-corrected chi connectivity index (χ2v) is 3.87. The Kier molecular flexibility index (Phi) is 4.92. The minimum absolute atomic E-state index is 0.0357. The number of unbranched alkanes of at least 4 members (excludes halogenated alkanes) is 2. The molecule has 88 valence electrons. The number of ketones is 1. The molecule has 1 aliphatic rings. The lowest BCUT2D eigenvalue weighted by atomic mass is 10.1. The monoisotopic (exact) mass is 224 g/mol. The highest BCUT2D eigenvalue weighted by Crippen LogP contribution is 2.20. The van der Waals surface area contributed by atoms with Crippen LogP contribution in [-0.2, 0) is 9.59 Å². The first-order valence-corrected chi connectivity index (χ1v) is 5.41. The summed E-state index contributed by atoms with van der Waals surface area (Å²) in [4.78, 5) is 21.4. The van der Waals surface area contributed by atoms with E-state index in [4.69, 9.17) is 5.11 Å². The minimum Gasteiger partial charge on any atom is -0.478 e. The summed E-state index contributed by atoms with van der Waals surface area (Å²) < 4.78 is 0. The summed E-state index contributed by atoms with van der Waals surface area (Å²) >= 11 is 0. The maximum Gasteiger partial charge on any atom is 0.327 e. The molecule has 0 aliphatic heterocycles. The van der Waals surface area contributed by atoms with Crippen molar-refractivity contribution in [2.75, 3.05) is 0 Å². The lowest BCUT2D eigenvalue weighted by Crippen LogP contribution is -2.01. The predicted molar refractivity (Wildman–Crippen MR) is 59.0 cm³/mol. The van der Waals surface area contributed by atoms with Crippen LogP contribution in [0.2, 0.25) is 0 Å². The van der Waals surface area contributed by atoms with Gasteiger partial charge in [0, 0.05) is 12.5 Å². The molecule has 0 aromatic heterocycles. The zero-order chi connectivity index (χ0) is 12.0. The fraction of sp³-hybridized carbons (Fsp3) is 0.500. The van der Waals surface area contributed by atoms with E-state index in [0.29, 0.717) is 12.8 Å². The van der Waals surface area contributed by atoms with Crippen molar-refractivity contribution in [1.82, 2.24) is 0 Å². The first-order valence-electron chi connectivity index (χ1n) is 5.41. The van der Waals surface area contributed by atoms with Crippen LogP contribution in [0.1, 0.15) is 32.1 Å². The SMILES string of the molecule is O=C(O)/C=C/CCCCC1=CC(O)CC1=O. The molecule has 0 aromatic carbocycles. The molecule has 1 rings (SSSR count). The third-order valence-electron chi connectivity index (χ3n) is 2.47. The Hall–Kier alpha value is -1.42. The molecule has 16 heavy (non-hydrogen) atoms. The van der Waals surface area contributed by atoms with Crippen molar-refractivity contribution in [3.8, 4) is 0 Å². The second kappa shape index (κ2) is 6.23. The van der Waals surface area contributed by atoms with E-state index in [1.165, 1.54) is 0 Å². The lowest BCUT2D eigenvalue weighted by Gasteiger charge is -1.98. The van der Waals surface area contributed by atoms with E-state index in [1.54, 1.807) is 12.2 Å². The van der Waals surface area contributed by atoms with Crippen LogP contribution >= 0.6 is 0 Å². The highest BCUT2D eigenvalue weighted by Gasteiger charge is 2.20. The molecule has 1 atom stereocenters. The van der Waals surface area contributed by atoms with Crippen LogP contribution in [0, 0.1) is 0 Å². The van der Waals surface area contributed by atoms with Crippen LogP contribution < -0.4 is 0 Å². The van der Waals surface area contributed by atoms with Gasteiger partial charge in [-0.1, -0.05) is 6.08 Å². The third-order valence-corrected chi connectivity index (χ3v) is 2.47. The first kappa shape index (κ1) is 12.6. The van der Waals surface area contributed by atoms with Crippen LogP contribution in [0.15, 0.2) is 23.8 Å². The molecule has 0 amide bonds. The zero-order valence-electron chi connectivity index (χ0n) is 9.06. The van der Waals surface area contributed by atoms with Gasteiger partial charge < -0.3 is 10.2 Å². The molecule has 0 saturated carbocycles.